The van der Waals surface area contributed by atoms with Crippen molar-refractivity contribution in [1.82, 2.24) is 0 Å². The molecule has 0 bridgehead atoms. The van der Waals surface area contributed by atoms with E-state index in [-0.39, 0.29) is 6.61 Å². The van der Waals surface area contributed by atoms with Gasteiger partial charge < -0.3 is 10.5 Å². The average molecular weight is 290 g/mol. The third kappa shape index (κ3) is 4.37. The van der Waals surface area contributed by atoms with Crippen LogP contribution in [-0.2, 0) is 22.6 Å². The summed E-state index contributed by atoms with van der Waals surface area (Å²) in [6.07, 6.45) is 0.473. The van der Waals surface area contributed by atoms with Crippen molar-refractivity contribution in [2.75, 3.05) is 0 Å². The van der Waals surface area contributed by atoms with Gasteiger partial charge in [0.15, 0.2) is 0 Å². The molecular formula is C16H16ClNO2. The standard InChI is InChI=1S/C16H16ClNO2/c17-14-8-6-13(7-9-14)11-20-16(19)15(18)10-12-4-2-1-3-5-12/h1-9,15H,10-11,18H2/t15-/m0/s1. The minimum Gasteiger partial charge on any atom is -0.460 e. The zero-order valence-corrected chi connectivity index (χ0v) is 11.7. The average Bonchev–Trinajstić information content (AvgIpc) is 2.47. The van der Waals surface area contributed by atoms with Crippen LogP contribution in [0.25, 0.3) is 0 Å². The van der Waals surface area contributed by atoms with Gasteiger partial charge in [0, 0.05) is 5.02 Å². The van der Waals surface area contributed by atoms with E-state index in [1.54, 1.807) is 12.1 Å². The Balaban J connectivity index is 1.83. The maximum atomic E-state index is 11.8. The van der Waals surface area contributed by atoms with Gasteiger partial charge in [-0.3, -0.25) is 4.79 Å². The SMILES string of the molecule is N[C@@H](Cc1ccccc1)C(=O)OCc1ccc(Cl)cc1. The fraction of sp³-hybridized carbons (Fsp3) is 0.188. The van der Waals surface area contributed by atoms with Gasteiger partial charge in [0.1, 0.15) is 12.6 Å². The van der Waals surface area contributed by atoms with E-state index in [9.17, 15) is 4.79 Å². The summed E-state index contributed by atoms with van der Waals surface area (Å²) >= 11 is 5.79. The van der Waals surface area contributed by atoms with Gasteiger partial charge in [-0.05, 0) is 29.7 Å². The second kappa shape index (κ2) is 7.08. The van der Waals surface area contributed by atoms with E-state index in [1.807, 2.05) is 42.5 Å². The lowest BCUT2D eigenvalue weighted by atomic mass is 10.1. The normalized spacial score (nSPS) is 11.9. The molecule has 0 spiro atoms. The van der Waals surface area contributed by atoms with Crippen LogP contribution in [0.15, 0.2) is 54.6 Å². The first kappa shape index (κ1) is 14.6. The number of ether oxygens (including phenoxy) is 1. The first-order chi connectivity index (χ1) is 9.65. The Hall–Kier alpha value is -1.84. The summed E-state index contributed by atoms with van der Waals surface area (Å²) in [5, 5.41) is 0.654. The first-order valence-corrected chi connectivity index (χ1v) is 6.73. The zero-order valence-electron chi connectivity index (χ0n) is 11.0. The Morgan fingerprint density at radius 3 is 2.35 bits per heavy atom. The summed E-state index contributed by atoms with van der Waals surface area (Å²) in [6, 6.07) is 16.1. The Morgan fingerprint density at radius 2 is 1.70 bits per heavy atom. The lowest BCUT2D eigenvalue weighted by Gasteiger charge is -2.11. The number of carbonyl (C=O) groups is 1. The molecule has 1 atom stereocenters. The molecule has 0 heterocycles. The summed E-state index contributed by atoms with van der Waals surface area (Å²) in [6.45, 7) is 0.207. The molecule has 0 amide bonds. The van der Waals surface area contributed by atoms with Gasteiger partial charge in [-0.2, -0.15) is 0 Å². The van der Waals surface area contributed by atoms with Crippen molar-refractivity contribution in [3.05, 3.63) is 70.7 Å². The maximum absolute atomic E-state index is 11.8. The topological polar surface area (TPSA) is 52.3 Å². The minimum atomic E-state index is -0.648. The fourth-order valence-electron chi connectivity index (χ4n) is 1.79. The molecule has 0 aromatic heterocycles. The van der Waals surface area contributed by atoms with Crippen LogP contribution in [0.2, 0.25) is 5.02 Å². The van der Waals surface area contributed by atoms with Crippen LogP contribution >= 0.6 is 11.6 Å². The maximum Gasteiger partial charge on any atom is 0.323 e. The number of hydrogen-bond acceptors (Lipinski definition) is 3. The molecule has 0 aliphatic heterocycles. The Labute approximate surface area is 123 Å². The molecule has 0 saturated carbocycles. The van der Waals surface area contributed by atoms with E-state index in [1.165, 1.54) is 0 Å². The van der Waals surface area contributed by atoms with Crippen LogP contribution in [0.4, 0.5) is 0 Å². The number of benzene rings is 2. The Morgan fingerprint density at radius 1 is 1.05 bits per heavy atom. The lowest BCUT2D eigenvalue weighted by Crippen LogP contribution is -2.34. The van der Waals surface area contributed by atoms with Gasteiger partial charge >= 0.3 is 5.97 Å². The molecule has 20 heavy (non-hydrogen) atoms. The summed E-state index contributed by atoms with van der Waals surface area (Å²) < 4.78 is 5.19. The highest BCUT2D eigenvalue weighted by molar-refractivity contribution is 6.30. The second-order valence-corrected chi connectivity index (χ2v) is 4.97. The molecule has 0 radical (unpaired) electrons. The minimum absolute atomic E-state index is 0.207. The van der Waals surface area contributed by atoms with Crippen molar-refractivity contribution < 1.29 is 9.53 Å². The van der Waals surface area contributed by atoms with E-state index in [0.29, 0.717) is 11.4 Å². The number of esters is 1. The molecule has 2 aromatic rings. The van der Waals surface area contributed by atoms with Crippen LogP contribution in [0, 0.1) is 0 Å². The predicted octanol–water partition coefficient (Wildman–Crippen LogP) is 2.95. The Bertz CT molecular complexity index is 554. The monoisotopic (exact) mass is 289 g/mol. The molecule has 2 rings (SSSR count). The van der Waals surface area contributed by atoms with Crippen LogP contribution in [0.1, 0.15) is 11.1 Å². The highest BCUT2D eigenvalue weighted by Crippen LogP contribution is 2.11. The molecule has 2 aromatic carbocycles. The fourth-order valence-corrected chi connectivity index (χ4v) is 1.92. The van der Waals surface area contributed by atoms with Crippen molar-refractivity contribution in [3.8, 4) is 0 Å². The van der Waals surface area contributed by atoms with Crippen molar-refractivity contribution in [3.63, 3.8) is 0 Å². The molecule has 0 unspecified atom stereocenters. The summed E-state index contributed by atoms with van der Waals surface area (Å²) in [7, 11) is 0. The van der Waals surface area contributed by atoms with Crippen molar-refractivity contribution in [2.24, 2.45) is 5.73 Å². The van der Waals surface area contributed by atoms with Gasteiger partial charge in [0.2, 0.25) is 0 Å². The highest BCUT2D eigenvalue weighted by atomic mass is 35.5. The zero-order chi connectivity index (χ0) is 14.4. The predicted molar refractivity (Wildman–Crippen MR) is 79.4 cm³/mol. The van der Waals surface area contributed by atoms with Crippen molar-refractivity contribution >= 4 is 17.6 Å². The van der Waals surface area contributed by atoms with Crippen LogP contribution in [0.5, 0.6) is 0 Å². The number of nitrogens with two attached hydrogens (primary N) is 1. The third-order valence-corrected chi connectivity index (χ3v) is 3.15. The van der Waals surface area contributed by atoms with E-state index in [4.69, 9.17) is 22.1 Å². The molecule has 2 N–H and O–H groups in total. The van der Waals surface area contributed by atoms with Crippen LogP contribution < -0.4 is 5.73 Å². The van der Waals surface area contributed by atoms with Crippen LogP contribution in [0.3, 0.4) is 0 Å². The highest BCUT2D eigenvalue weighted by Gasteiger charge is 2.15. The van der Waals surface area contributed by atoms with Gasteiger partial charge in [-0.15, -0.1) is 0 Å². The second-order valence-electron chi connectivity index (χ2n) is 4.53. The number of carbonyl (C=O) groups excluding carboxylic acids is 1. The summed E-state index contributed by atoms with van der Waals surface area (Å²) in [4.78, 5) is 11.8. The van der Waals surface area contributed by atoms with Gasteiger partial charge in [-0.1, -0.05) is 54.1 Å². The molecular weight excluding hydrogens is 274 g/mol. The van der Waals surface area contributed by atoms with Crippen molar-refractivity contribution in [2.45, 2.75) is 19.1 Å². The molecule has 0 aliphatic rings. The lowest BCUT2D eigenvalue weighted by molar-refractivity contribution is -0.146. The molecule has 104 valence electrons. The molecule has 0 saturated heterocycles. The smallest absolute Gasteiger partial charge is 0.323 e. The molecule has 0 fully saturated rings. The van der Waals surface area contributed by atoms with Gasteiger partial charge in [-0.25, -0.2) is 0 Å². The number of rotatable bonds is 5. The first-order valence-electron chi connectivity index (χ1n) is 6.36. The third-order valence-electron chi connectivity index (χ3n) is 2.90. The largest absolute Gasteiger partial charge is 0.460 e. The molecule has 3 nitrogen and oxygen atoms in total. The quantitative estimate of drug-likeness (QED) is 0.861. The van der Waals surface area contributed by atoms with E-state index in [0.717, 1.165) is 11.1 Å². The van der Waals surface area contributed by atoms with Crippen molar-refractivity contribution in [1.29, 1.82) is 0 Å². The van der Waals surface area contributed by atoms with Crippen LogP contribution in [-0.4, -0.2) is 12.0 Å². The summed E-state index contributed by atoms with van der Waals surface area (Å²) in [5.41, 5.74) is 7.74. The van der Waals surface area contributed by atoms with Gasteiger partial charge in [0.05, 0.1) is 0 Å². The number of halogens is 1. The van der Waals surface area contributed by atoms with E-state index >= 15 is 0 Å². The van der Waals surface area contributed by atoms with E-state index in [2.05, 4.69) is 0 Å². The molecule has 4 heteroatoms. The van der Waals surface area contributed by atoms with E-state index < -0.39 is 12.0 Å². The number of hydrogen-bond donors (Lipinski definition) is 1. The van der Waals surface area contributed by atoms with Gasteiger partial charge in [0.25, 0.3) is 0 Å². The molecule has 0 aliphatic carbocycles. The Kier molecular flexibility index (Phi) is 5.16. The summed E-state index contributed by atoms with van der Waals surface area (Å²) in [5.74, 6) is -0.399.